The molecular weight excluding hydrogens is 180 g/mol. The molecule has 0 aliphatic rings. The second-order valence-electron chi connectivity index (χ2n) is 2.70. The third kappa shape index (κ3) is 2.33. The predicted octanol–water partition coefficient (Wildman–Crippen LogP) is -2.50. The second-order valence-corrected chi connectivity index (χ2v) is 2.70. The minimum Gasteiger partial charge on any atom is -0.357 e. The van der Waals surface area contributed by atoms with Gasteiger partial charge in [-0.3, -0.25) is 20.2 Å². The first kappa shape index (κ1) is 11.7. The maximum atomic E-state index is 10.6. The summed E-state index contributed by atoms with van der Waals surface area (Å²) in [6.45, 7) is 0.337. The Bertz CT molecular complexity index is 185. The summed E-state index contributed by atoms with van der Waals surface area (Å²) in [5.74, 6) is 0. The Hall–Kier alpha value is -1.28. The van der Waals surface area contributed by atoms with Crippen molar-refractivity contribution in [2.24, 2.45) is 0 Å². The van der Waals surface area contributed by atoms with Crippen LogP contribution >= 0.6 is 0 Å². The van der Waals surface area contributed by atoms with Crippen LogP contribution in [0.25, 0.3) is 0 Å². The predicted molar refractivity (Wildman–Crippen MR) is 41.5 cm³/mol. The van der Waals surface area contributed by atoms with Gasteiger partial charge in [-0.1, -0.05) is 0 Å². The lowest BCUT2D eigenvalue weighted by molar-refractivity contribution is -0.803. The number of quaternary nitrogens is 2. The normalized spacial score (nSPS) is 11.2. The van der Waals surface area contributed by atoms with Crippen LogP contribution in [-0.4, -0.2) is 28.6 Å². The van der Waals surface area contributed by atoms with Crippen molar-refractivity contribution in [2.75, 3.05) is 13.1 Å². The largest absolute Gasteiger partial charge is 0.469 e. The summed E-state index contributed by atoms with van der Waals surface area (Å²) < 4.78 is 0. The molecule has 0 aliphatic carbocycles. The van der Waals surface area contributed by atoms with Crippen LogP contribution in [0.4, 0.5) is 0 Å². The first-order valence-corrected chi connectivity index (χ1v) is 3.88. The molecule has 0 aromatic rings. The van der Waals surface area contributed by atoms with E-state index in [-0.39, 0.29) is 25.9 Å². The fraction of sp³-hybridized carbons (Fsp3) is 1.00. The zero-order valence-electron chi connectivity index (χ0n) is 7.27. The highest BCUT2D eigenvalue weighted by molar-refractivity contribution is 4.65. The molecule has 8 nitrogen and oxygen atoms in total. The van der Waals surface area contributed by atoms with Gasteiger partial charge < -0.3 is 11.5 Å². The first-order valence-electron chi connectivity index (χ1n) is 3.88. The molecule has 0 rings (SSSR count). The van der Waals surface area contributed by atoms with Crippen molar-refractivity contribution in [2.45, 2.75) is 18.5 Å². The van der Waals surface area contributed by atoms with Gasteiger partial charge in [0.05, 0.1) is 22.9 Å². The topological polar surface area (TPSA) is 142 Å². The van der Waals surface area contributed by atoms with Crippen LogP contribution in [0, 0.1) is 20.2 Å². The van der Waals surface area contributed by atoms with Crippen LogP contribution in [0.2, 0.25) is 0 Å². The summed E-state index contributed by atoms with van der Waals surface area (Å²) >= 11 is 0. The maximum absolute atomic E-state index is 10.6. The Labute approximate surface area is 74.2 Å². The van der Waals surface area contributed by atoms with Crippen molar-refractivity contribution in [3.63, 3.8) is 0 Å². The fourth-order valence-electron chi connectivity index (χ4n) is 1.12. The van der Waals surface area contributed by atoms with Crippen molar-refractivity contribution in [3.8, 4) is 0 Å². The number of hydrogen-bond acceptors (Lipinski definition) is 4. The van der Waals surface area contributed by atoms with Crippen molar-refractivity contribution >= 4 is 0 Å². The van der Waals surface area contributed by atoms with E-state index in [2.05, 4.69) is 11.5 Å². The minimum atomic E-state index is -2.08. The van der Waals surface area contributed by atoms with E-state index in [0.29, 0.717) is 0 Å². The Balaban J connectivity index is 4.80. The van der Waals surface area contributed by atoms with Crippen molar-refractivity contribution in [1.82, 2.24) is 0 Å². The third-order valence-corrected chi connectivity index (χ3v) is 1.83. The summed E-state index contributed by atoms with van der Waals surface area (Å²) in [7, 11) is 0. The van der Waals surface area contributed by atoms with Crippen LogP contribution in [0.15, 0.2) is 0 Å². The van der Waals surface area contributed by atoms with Crippen molar-refractivity contribution in [1.29, 1.82) is 0 Å². The van der Waals surface area contributed by atoms with E-state index >= 15 is 0 Å². The van der Waals surface area contributed by atoms with Crippen LogP contribution < -0.4 is 11.5 Å². The molecule has 76 valence electrons. The highest BCUT2D eigenvalue weighted by atomic mass is 16.7. The van der Waals surface area contributed by atoms with Crippen molar-refractivity contribution in [3.05, 3.63) is 20.2 Å². The fourth-order valence-corrected chi connectivity index (χ4v) is 1.12. The Morgan fingerprint density at radius 2 is 1.31 bits per heavy atom. The molecule has 0 aromatic carbocycles. The van der Waals surface area contributed by atoms with Gasteiger partial charge in [-0.25, -0.2) is 0 Å². The molecule has 0 bridgehead atoms. The van der Waals surface area contributed by atoms with Gasteiger partial charge in [0.25, 0.3) is 0 Å². The third-order valence-electron chi connectivity index (χ3n) is 1.83. The molecule has 0 fully saturated rings. The van der Waals surface area contributed by atoms with E-state index in [1.165, 1.54) is 0 Å². The average Bonchev–Trinajstić information content (AvgIpc) is 2.03. The van der Waals surface area contributed by atoms with E-state index in [4.69, 9.17) is 0 Å². The number of nitro groups is 2. The monoisotopic (exact) mass is 194 g/mol. The van der Waals surface area contributed by atoms with E-state index in [0.717, 1.165) is 0 Å². The number of rotatable bonds is 6. The van der Waals surface area contributed by atoms with E-state index in [1.807, 2.05) is 0 Å². The number of hydrogen-bond donors (Lipinski definition) is 2. The zero-order valence-corrected chi connectivity index (χ0v) is 7.27. The molecule has 13 heavy (non-hydrogen) atoms. The second kappa shape index (κ2) is 4.67. The summed E-state index contributed by atoms with van der Waals surface area (Å²) in [4.78, 5) is 19.4. The van der Waals surface area contributed by atoms with Crippen molar-refractivity contribution < 1.29 is 21.3 Å². The molecule has 8 heteroatoms. The molecule has 0 saturated carbocycles. The van der Waals surface area contributed by atoms with Gasteiger partial charge in [-0.2, -0.15) is 0 Å². The van der Waals surface area contributed by atoms with Gasteiger partial charge in [0.15, 0.2) is 0 Å². The lowest BCUT2D eigenvalue weighted by Gasteiger charge is -2.13. The van der Waals surface area contributed by atoms with Gasteiger partial charge in [0.1, 0.15) is 12.8 Å². The number of nitrogens with zero attached hydrogens (tertiary/aromatic N) is 2. The van der Waals surface area contributed by atoms with Crippen LogP contribution in [0.1, 0.15) is 12.8 Å². The smallest absolute Gasteiger partial charge is 0.357 e. The summed E-state index contributed by atoms with van der Waals surface area (Å²) in [6.07, 6.45) is -0.301. The lowest BCUT2D eigenvalue weighted by atomic mass is 10.0. The van der Waals surface area contributed by atoms with E-state index in [9.17, 15) is 20.2 Å². The van der Waals surface area contributed by atoms with Gasteiger partial charge >= 0.3 is 5.66 Å². The minimum absolute atomic E-state index is 0.150. The summed E-state index contributed by atoms with van der Waals surface area (Å²) in [5, 5.41) is 21.1. The molecule has 0 atom stereocenters. The zero-order chi connectivity index (χ0) is 10.5. The molecule has 0 heterocycles. The van der Waals surface area contributed by atoms with Crippen LogP contribution in [0.3, 0.4) is 0 Å². The highest BCUT2D eigenvalue weighted by Gasteiger charge is 2.55. The summed E-state index contributed by atoms with van der Waals surface area (Å²) in [6, 6.07) is 0. The maximum Gasteiger partial charge on any atom is 0.469 e. The molecule has 0 aliphatic heterocycles. The van der Waals surface area contributed by atoms with E-state index < -0.39 is 15.5 Å². The molecule has 0 spiro atoms. The first-order chi connectivity index (χ1) is 6.01. The van der Waals surface area contributed by atoms with Gasteiger partial charge in [0.2, 0.25) is 0 Å². The molecular formula is C5H14N4O4+2. The van der Waals surface area contributed by atoms with Gasteiger partial charge in [-0.05, 0) is 0 Å². The molecule has 6 N–H and O–H groups in total. The standard InChI is InChI=1S/C5H12N4O4/c6-3-1-5(2-4-7,8(10)11)9(12)13/h1-4,6-7H2/p+2. The molecule has 0 aromatic heterocycles. The summed E-state index contributed by atoms with van der Waals surface area (Å²) in [5.41, 5.74) is 4.70. The van der Waals surface area contributed by atoms with Crippen LogP contribution in [-0.2, 0) is 0 Å². The average molecular weight is 194 g/mol. The molecule has 0 radical (unpaired) electrons. The molecule has 0 unspecified atom stereocenters. The Kier molecular flexibility index (Phi) is 4.21. The van der Waals surface area contributed by atoms with E-state index in [1.54, 1.807) is 0 Å². The van der Waals surface area contributed by atoms with Crippen LogP contribution in [0.5, 0.6) is 0 Å². The molecule has 0 amide bonds. The van der Waals surface area contributed by atoms with Gasteiger partial charge in [0, 0.05) is 0 Å². The quantitative estimate of drug-likeness (QED) is 0.273. The lowest BCUT2D eigenvalue weighted by Crippen LogP contribution is -2.61. The SMILES string of the molecule is [NH3+]CCC(CC[NH3+])([N+](=O)[O-])[N+](=O)[O-]. The Morgan fingerprint density at radius 1 is 1.00 bits per heavy atom. The van der Waals surface area contributed by atoms with Gasteiger partial charge in [-0.15, -0.1) is 0 Å². The highest BCUT2D eigenvalue weighted by Crippen LogP contribution is 2.18. The Morgan fingerprint density at radius 3 is 1.46 bits per heavy atom. The molecule has 0 saturated heterocycles.